The summed E-state index contributed by atoms with van der Waals surface area (Å²) < 4.78 is 38.8. The molecular weight excluding hydrogens is 299 g/mol. The summed E-state index contributed by atoms with van der Waals surface area (Å²) in [6.07, 6.45) is -4.38. The van der Waals surface area contributed by atoms with Gasteiger partial charge in [-0.25, -0.2) is 4.98 Å². The maximum atomic E-state index is 12.7. The number of phenolic OH excluding ortho intramolecular Hbond substituents is 1. The highest BCUT2D eigenvalue weighted by Crippen LogP contribution is 2.37. The smallest absolute Gasteiger partial charge is 0.416 e. The second-order valence-electron chi connectivity index (χ2n) is 4.65. The van der Waals surface area contributed by atoms with Crippen molar-refractivity contribution < 1.29 is 18.3 Å². The molecule has 0 atom stereocenters. The lowest BCUT2D eigenvalue weighted by molar-refractivity contribution is -0.137. The van der Waals surface area contributed by atoms with Gasteiger partial charge in [-0.3, -0.25) is 0 Å². The summed E-state index contributed by atoms with van der Waals surface area (Å²) in [5.74, 6) is 0.141. The van der Waals surface area contributed by atoms with Gasteiger partial charge in [-0.2, -0.15) is 13.2 Å². The van der Waals surface area contributed by atoms with Crippen LogP contribution in [0.4, 0.5) is 13.2 Å². The standard InChI is InChI=1S/C15H10F3NOS/c1-8-10(3-2-4-12(8)20)14-19-11-7-9(15(16,17)18)5-6-13(11)21-14/h2-7,20H,1H3. The zero-order valence-corrected chi connectivity index (χ0v) is 11.7. The number of thiazole rings is 1. The van der Waals surface area contributed by atoms with Gasteiger partial charge in [0.15, 0.2) is 0 Å². The third kappa shape index (κ3) is 2.47. The average Bonchev–Trinajstić information content (AvgIpc) is 2.83. The fourth-order valence-electron chi connectivity index (χ4n) is 2.07. The van der Waals surface area contributed by atoms with Crippen molar-refractivity contribution in [1.29, 1.82) is 0 Å². The molecule has 1 aromatic heterocycles. The minimum absolute atomic E-state index is 0.141. The van der Waals surface area contributed by atoms with Gasteiger partial charge in [0.25, 0.3) is 0 Å². The molecule has 0 saturated heterocycles. The van der Waals surface area contributed by atoms with E-state index in [1.54, 1.807) is 25.1 Å². The van der Waals surface area contributed by atoms with Crippen LogP contribution in [-0.4, -0.2) is 10.1 Å². The zero-order valence-electron chi connectivity index (χ0n) is 10.9. The molecule has 0 saturated carbocycles. The lowest BCUT2D eigenvalue weighted by atomic mass is 10.1. The number of hydrogen-bond acceptors (Lipinski definition) is 3. The molecule has 2 aromatic carbocycles. The summed E-state index contributed by atoms with van der Waals surface area (Å²) in [6, 6.07) is 8.57. The number of hydrogen-bond donors (Lipinski definition) is 1. The summed E-state index contributed by atoms with van der Waals surface area (Å²) in [5, 5.41) is 10.3. The number of phenols is 1. The number of halogens is 3. The molecular formula is C15H10F3NOS. The van der Waals surface area contributed by atoms with E-state index in [4.69, 9.17) is 0 Å². The largest absolute Gasteiger partial charge is 0.508 e. The normalized spacial score (nSPS) is 12.0. The Hall–Kier alpha value is -2.08. The molecule has 0 amide bonds. The van der Waals surface area contributed by atoms with Crippen molar-refractivity contribution in [3.63, 3.8) is 0 Å². The molecule has 2 nitrogen and oxygen atoms in total. The van der Waals surface area contributed by atoms with Crippen molar-refractivity contribution in [2.24, 2.45) is 0 Å². The Kier molecular flexibility index (Phi) is 3.13. The minimum atomic E-state index is -4.38. The van der Waals surface area contributed by atoms with E-state index >= 15 is 0 Å². The summed E-state index contributed by atoms with van der Waals surface area (Å²) >= 11 is 1.30. The molecule has 21 heavy (non-hydrogen) atoms. The predicted octanol–water partition coefficient (Wildman–Crippen LogP) is 5.00. The van der Waals surface area contributed by atoms with Gasteiger partial charge < -0.3 is 5.11 Å². The van der Waals surface area contributed by atoms with Crippen LogP contribution in [0, 0.1) is 6.92 Å². The van der Waals surface area contributed by atoms with Gasteiger partial charge >= 0.3 is 6.18 Å². The van der Waals surface area contributed by atoms with Crippen LogP contribution in [0.25, 0.3) is 20.8 Å². The Morgan fingerprint density at radius 2 is 1.90 bits per heavy atom. The maximum absolute atomic E-state index is 12.7. The third-order valence-electron chi connectivity index (χ3n) is 3.25. The van der Waals surface area contributed by atoms with Crippen molar-refractivity contribution >= 4 is 21.6 Å². The van der Waals surface area contributed by atoms with E-state index in [1.807, 2.05) is 0 Å². The summed E-state index contributed by atoms with van der Waals surface area (Å²) in [6.45, 7) is 1.75. The summed E-state index contributed by atoms with van der Waals surface area (Å²) in [5.41, 5.74) is 0.990. The average molecular weight is 309 g/mol. The fraction of sp³-hybridized carbons (Fsp3) is 0.133. The first-order valence-corrected chi connectivity index (χ1v) is 6.94. The number of alkyl halides is 3. The Labute approximate surface area is 122 Å². The van der Waals surface area contributed by atoms with Crippen molar-refractivity contribution in [2.45, 2.75) is 13.1 Å². The lowest BCUT2D eigenvalue weighted by Crippen LogP contribution is -2.03. The Balaban J connectivity index is 2.15. The Morgan fingerprint density at radius 3 is 2.62 bits per heavy atom. The molecule has 0 aliphatic heterocycles. The monoisotopic (exact) mass is 309 g/mol. The number of aromatic nitrogens is 1. The van der Waals surface area contributed by atoms with Crippen LogP contribution in [0.3, 0.4) is 0 Å². The fourth-order valence-corrected chi connectivity index (χ4v) is 3.10. The van der Waals surface area contributed by atoms with Crippen LogP contribution in [0.5, 0.6) is 5.75 Å². The van der Waals surface area contributed by atoms with Crippen molar-refractivity contribution in [3.8, 4) is 16.3 Å². The minimum Gasteiger partial charge on any atom is -0.508 e. The molecule has 3 rings (SSSR count). The molecule has 3 aromatic rings. The van der Waals surface area contributed by atoms with E-state index in [0.717, 1.165) is 17.7 Å². The predicted molar refractivity (Wildman–Crippen MR) is 76.5 cm³/mol. The first kappa shape index (κ1) is 13.9. The second kappa shape index (κ2) is 4.73. The van der Waals surface area contributed by atoms with E-state index in [0.29, 0.717) is 20.8 Å². The first-order chi connectivity index (χ1) is 9.86. The van der Waals surface area contributed by atoms with Gasteiger partial charge in [-0.1, -0.05) is 12.1 Å². The molecule has 0 aliphatic rings. The van der Waals surface area contributed by atoms with Crippen molar-refractivity contribution in [3.05, 3.63) is 47.5 Å². The highest BCUT2D eigenvalue weighted by molar-refractivity contribution is 7.21. The van der Waals surface area contributed by atoms with Crippen LogP contribution >= 0.6 is 11.3 Å². The topological polar surface area (TPSA) is 33.1 Å². The van der Waals surface area contributed by atoms with Crippen molar-refractivity contribution in [2.75, 3.05) is 0 Å². The molecule has 1 N–H and O–H groups in total. The summed E-state index contributed by atoms with van der Waals surface area (Å²) in [4.78, 5) is 4.27. The highest BCUT2D eigenvalue weighted by Gasteiger charge is 2.30. The highest BCUT2D eigenvalue weighted by atomic mass is 32.1. The Morgan fingerprint density at radius 1 is 1.14 bits per heavy atom. The number of fused-ring (bicyclic) bond motifs is 1. The SMILES string of the molecule is Cc1c(O)cccc1-c1nc2cc(C(F)(F)F)ccc2s1. The molecule has 0 aliphatic carbocycles. The van der Waals surface area contributed by atoms with Crippen LogP contribution in [0.2, 0.25) is 0 Å². The number of benzene rings is 2. The number of nitrogens with zero attached hydrogens (tertiary/aromatic N) is 1. The molecule has 0 unspecified atom stereocenters. The second-order valence-corrected chi connectivity index (χ2v) is 5.68. The molecule has 0 spiro atoms. The van der Waals surface area contributed by atoms with Gasteiger partial charge in [0.05, 0.1) is 15.8 Å². The zero-order chi connectivity index (χ0) is 15.2. The molecule has 108 valence electrons. The molecule has 0 radical (unpaired) electrons. The van der Waals surface area contributed by atoms with Gasteiger partial charge in [0.1, 0.15) is 10.8 Å². The van der Waals surface area contributed by atoms with Gasteiger partial charge in [-0.05, 0) is 31.2 Å². The van der Waals surface area contributed by atoms with E-state index in [2.05, 4.69) is 4.98 Å². The third-order valence-corrected chi connectivity index (χ3v) is 4.32. The van der Waals surface area contributed by atoms with Gasteiger partial charge in [-0.15, -0.1) is 11.3 Å². The Bertz CT molecular complexity index is 823. The van der Waals surface area contributed by atoms with E-state index < -0.39 is 11.7 Å². The molecule has 0 bridgehead atoms. The van der Waals surface area contributed by atoms with E-state index in [1.165, 1.54) is 17.4 Å². The molecule has 1 heterocycles. The maximum Gasteiger partial charge on any atom is 0.416 e. The van der Waals surface area contributed by atoms with Crippen LogP contribution in [0.15, 0.2) is 36.4 Å². The van der Waals surface area contributed by atoms with Crippen LogP contribution in [0.1, 0.15) is 11.1 Å². The van der Waals surface area contributed by atoms with E-state index in [9.17, 15) is 18.3 Å². The number of aromatic hydroxyl groups is 1. The van der Waals surface area contributed by atoms with E-state index in [-0.39, 0.29) is 5.75 Å². The van der Waals surface area contributed by atoms with Crippen molar-refractivity contribution in [1.82, 2.24) is 4.98 Å². The first-order valence-electron chi connectivity index (χ1n) is 6.13. The summed E-state index contributed by atoms with van der Waals surface area (Å²) in [7, 11) is 0. The quantitative estimate of drug-likeness (QED) is 0.686. The molecule has 6 heteroatoms. The van der Waals surface area contributed by atoms with Gasteiger partial charge in [0, 0.05) is 11.1 Å². The lowest BCUT2D eigenvalue weighted by Gasteiger charge is -2.05. The van der Waals surface area contributed by atoms with Gasteiger partial charge in [0.2, 0.25) is 0 Å². The molecule has 0 fully saturated rings. The van der Waals surface area contributed by atoms with Crippen LogP contribution in [-0.2, 0) is 6.18 Å². The number of rotatable bonds is 1. The van der Waals surface area contributed by atoms with Crippen LogP contribution < -0.4 is 0 Å².